The van der Waals surface area contributed by atoms with Crippen LogP contribution in [-0.2, 0) is 6.42 Å². The van der Waals surface area contributed by atoms with Gasteiger partial charge in [0.2, 0.25) is 0 Å². The summed E-state index contributed by atoms with van der Waals surface area (Å²) in [5.41, 5.74) is 2.40. The topological polar surface area (TPSA) is 21.3 Å². The number of rotatable bonds is 2. The Morgan fingerprint density at radius 1 is 1.57 bits per heavy atom. The first-order chi connectivity index (χ1) is 6.85. The van der Waals surface area contributed by atoms with Gasteiger partial charge in [0.05, 0.1) is 12.6 Å². The van der Waals surface area contributed by atoms with E-state index >= 15 is 0 Å². The molecule has 0 fully saturated rings. The van der Waals surface area contributed by atoms with Gasteiger partial charge in [0.25, 0.3) is 0 Å². The highest BCUT2D eigenvalue weighted by molar-refractivity contribution is 5.42. The Hall–Kier alpha value is -1.46. The summed E-state index contributed by atoms with van der Waals surface area (Å²) >= 11 is 0. The number of terminal acetylenes is 1. The second-order valence-corrected chi connectivity index (χ2v) is 3.35. The van der Waals surface area contributed by atoms with Gasteiger partial charge in [-0.05, 0) is 30.3 Å². The van der Waals surface area contributed by atoms with Crippen LogP contribution in [0.25, 0.3) is 0 Å². The van der Waals surface area contributed by atoms with Crippen molar-refractivity contribution in [3.63, 3.8) is 0 Å². The van der Waals surface area contributed by atoms with Crippen molar-refractivity contribution in [3.8, 4) is 18.1 Å². The minimum absolute atomic E-state index is 0.000833. The first-order valence-electron chi connectivity index (χ1n) is 4.74. The minimum Gasteiger partial charge on any atom is -0.493 e. The fourth-order valence-electron chi connectivity index (χ4n) is 1.73. The maximum atomic E-state index is 5.43. The fourth-order valence-corrected chi connectivity index (χ4v) is 1.73. The molecule has 0 spiro atoms. The van der Waals surface area contributed by atoms with E-state index in [1.54, 1.807) is 0 Å². The first kappa shape index (κ1) is 9.11. The lowest BCUT2D eigenvalue weighted by Crippen LogP contribution is -2.14. The lowest BCUT2D eigenvalue weighted by Gasteiger charge is -2.10. The Labute approximate surface area is 84.3 Å². The monoisotopic (exact) mass is 187 g/mol. The SMILES string of the molecule is C#CC(NC)c1ccc2c(c1)CCO2. The largest absolute Gasteiger partial charge is 0.493 e. The molecule has 0 aromatic heterocycles. The quantitative estimate of drug-likeness (QED) is 0.709. The summed E-state index contributed by atoms with van der Waals surface area (Å²) in [5, 5.41) is 3.08. The smallest absolute Gasteiger partial charge is 0.122 e. The van der Waals surface area contributed by atoms with Crippen LogP contribution >= 0.6 is 0 Å². The molecule has 1 aliphatic rings. The fraction of sp³-hybridized carbons (Fsp3) is 0.333. The van der Waals surface area contributed by atoms with Crippen LogP contribution in [0.15, 0.2) is 18.2 Å². The zero-order chi connectivity index (χ0) is 9.97. The van der Waals surface area contributed by atoms with Crippen molar-refractivity contribution in [2.24, 2.45) is 0 Å². The molecule has 0 saturated carbocycles. The maximum Gasteiger partial charge on any atom is 0.122 e. The molecule has 14 heavy (non-hydrogen) atoms. The number of fused-ring (bicyclic) bond motifs is 1. The molecule has 72 valence electrons. The van der Waals surface area contributed by atoms with Crippen molar-refractivity contribution < 1.29 is 4.74 Å². The molecule has 0 bridgehead atoms. The van der Waals surface area contributed by atoms with Gasteiger partial charge in [-0.15, -0.1) is 6.42 Å². The number of hydrogen-bond donors (Lipinski definition) is 1. The summed E-state index contributed by atoms with van der Waals surface area (Å²) in [6.45, 7) is 0.791. The van der Waals surface area contributed by atoms with Crippen LogP contribution in [0.1, 0.15) is 17.2 Å². The Bertz CT molecular complexity index is 378. The average Bonchev–Trinajstić information content (AvgIpc) is 2.66. The summed E-state index contributed by atoms with van der Waals surface area (Å²) < 4.78 is 5.43. The number of ether oxygens (including phenoxy) is 1. The number of hydrogen-bond acceptors (Lipinski definition) is 2. The Kier molecular flexibility index (Phi) is 2.43. The van der Waals surface area contributed by atoms with Crippen LogP contribution in [0.2, 0.25) is 0 Å². The zero-order valence-corrected chi connectivity index (χ0v) is 8.21. The van der Waals surface area contributed by atoms with E-state index in [0.29, 0.717) is 0 Å². The average molecular weight is 187 g/mol. The van der Waals surface area contributed by atoms with E-state index < -0.39 is 0 Å². The van der Waals surface area contributed by atoms with Gasteiger partial charge in [-0.1, -0.05) is 12.0 Å². The maximum absolute atomic E-state index is 5.43. The van der Waals surface area contributed by atoms with E-state index in [4.69, 9.17) is 11.2 Å². The molecule has 0 amide bonds. The lowest BCUT2D eigenvalue weighted by molar-refractivity contribution is 0.357. The molecule has 1 atom stereocenters. The second kappa shape index (κ2) is 3.73. The summed E-state index contributed by atoms with van der Waals surface area (Å²) in [5.74, 6) is 3.71. The predicted octanol–water partition coefficient (Wildman–Crippen LogP) is 1.52. The molecule has 1 unspecified atom stereocenters. The third-order valence-electron chi connectivity index (χ3n) is 2.50. The van der Waals surface area contributed by atoms with Gasteiger partial charge >= 0.3 is 0 Å². The molecule has 1 aliphatic heterocycles. The van der Waals surface area contributed by atoms with E-state index in [1.807, 2.05) is 19.2 Å². The summed E-state index contributed by atoms with van der Waals surface area (Å²) in [6.07, 6.45) is 6.41. The second-order valence-electron chi connectivity index (χ2n) is 3.35. The van der Waals surface area contributed by atoms with E-state index in [1.165, 1.54) is 5.56 Å². The molecular weight excluding hydrogens is 174 g/mol. The molecule has 0 aliphatic carbocycles. The molecule has 0 radical (unpaired) electrons. The summed E-state index contributed by atoms with van der Waals surface area (Å²) in [6, 6.07) is 6.15. The minimum atomic E-state index is 0.000833. The van der Waals surface area contributed by atoms with E-state index in [0.717, 1.165) is 24.3 Å². The van der Waals surface area contributed by atoms with Crippen LogP contribution in [0, 0.1) is 12.3 Å². The van der Waals surface area contributed by atoms with Crippen LogP contribution in [0.3, 0.4) is 0 Å². The molecule has 1 heterocycles. The van der Waals surface area contributed by atoms with Crippen LogP contribution in [-0.4, -0.2) is 13.7 Å². The van der Waals surface area contributed by atoms with Crippen molar-refractivity contribution in [1.82, 2.24) is 5.32 Å². The normalized spacial score (nSPS) is 15.4. The Balaban J connectivity index is 2.33. The number of nitrogens with one attached hydrogen (secondary N) is 1. The van der Waals surface area contributed by atoms with Crippen molar-refractivity contribution in [3.05, 3.63) is 29.3 Å². The lowest BCUT2D eigenvalue weighted by atomic mass is 10.0. The van der Waals surface area contributed by atoms with Gasteiger partial charge in [-0.3, -0.25) is 0 Å². The molecule has 2 rings (SSSR count). The van der Waals surface area contributed by atoms with Crippen molar-refractivity contribution in [2.75, 3.05) is 13.7 Å². The first-order valence-corrected chi connectivity index (χ1v) is 4.74. The van der Waals surface area contributed by atoms with E-state index in [2.05, 4.69) is 17.3 Å². The van der Waals surface area contributed by atoms with E-state index in [9.17, 15) is 0 Å². The summed E-state index contributed by atoms with van der Waals surface area (Å²) in [4.78, 5) is 0. The number of benzene rings is 1. The van der Waals surface area contributed by atoms with Crippen molar-refractivity contribution >= 4 is 0 Å². The van der Waals surface area contributed by atoms with Crippen LogP contribution in [0.4, 0.5) is 0 Å². The van der Waals surface area contributed by atoms with Crippen LogP contribution < -0.4 is 10.1 Å². The molecular formula is C12H13NO. The van der Waals surface area contributed by atoms with Gasteiger partial charge in [-0.25, -0.2) is 0 Å². The third-order valence-corrected chi connectivity index (χ3v) is 2.50. The van der Waals surface area contributed by atoms with Gasteiger partial charge in [-0.2, -0.15) is 0 Å². The molecule has 2 heteroatoms. The van der Waals surface area contributed by atoms with E-state index in [-0.39, 0.29) is 6.04 Å². The Morgan fingerprint density at radius 2 is 2.43 bits per heavy atom. The summed E-state index contributed by atoms with van der Waals surface area (Å²) in [7, 11) is 1.87. The van der Waals surface area contributed by atoms with Gasteiger partial charge in [0.1, 0.15) is 5.75 Å². The standard InChI is InChI=1S/C12H13NO/c1-3-11(13-2)9-4-5-12-10(8-9)6-7-14-12/h1,4-5,8,11,13H,6-7H2,2H3. The predicted molar refractivity (Wildman–Crippen MR) is 56.3 cm³/mol. The van der Waals surface area contributed by atoms with Crippen LogP contribution in [0.5, 0.6) is 5.75 Å². The van der Waals surface area contributed by atoms with Crippen molar-refractivity contribution in [1.29, 1.82) is 0 Å². The highest BCUT2D eigenvalue weighted by atomic mass is 16.5. The molecule has 2 nitrogen and oxygen atoms in total. The molecule has 1 aromatic rings. The van der Waals surface area contributed by atoms with Crippen molar-refractivity contribution in [2.45, 2.75) is 12.5 Å². The van der Waals surface area contributed by atoms with Gasteiger partial charge in [0.15, 0.2) is 0 Å². The van der Waals surface area contributed by atoms with Gasteiger partial charge in [0, 0.05) is 6.42 Å². The Morgan fingerprint density at radius 3 is 3.14 bits per heavy atom. The zero-order valence-electron chi connectivity index (χ0n) is 8.21. The molecule has 1 aromatic carbocycles. The van der Waals surface area contributed by atoms with Gasteiger partial charge < -0.3 is 10.1 Å². The molecule has 1 N–H and O–H groups in total. The molecule has 0 saturated heterocycles. The third kappa shape index (κ3) is 1.47. The highest BCUT2D eigenvalue weighted by Gasteiger charge is 2.14. The highest BCUT2D eigenvalue weighted by Crippen LogP contribution is 2.27.